The van der Waals surface area contributed by atoms with Gasteiger partial charge in [0.1, 0.15) is 53.6 Å². The van der Waals surface area contributed by atoms with Gasteiger partial charge in [-0.3, -0.25) is 9.59 Å². The Morgan fingerprint density at radius 3 is 2.20 bits per heavy atom. The number of esters is 1. The molecule has 19 unspecified atom stereocenters. The summed E-state index contributed by atoms with van der Waals surface area (Å²) in [5.74, 6) is -0.691. The first-order valence-corrected chi connectivity index (χ1v) is 18.7. The maximum absolute atomic E-state index is 12.9. The zero-order valence-electron chi connectivity index (χ0n) is 30.7. The predicted octanol–water partition coefficient (Wildman–Crippen LogP) is 2.42. The van der Waals surface area contributed by atoms with E-state index in [0.717, 1.165) is 38.5 Å². The SMILES string of the molecule is COC1CC(OC2CCC3(C)C(CCC45OC46CCC(C(C)=O)C6(C)C(O)C(OC(C)=O)C35)C2)OC(C)C1OC1OC(C)C(O)C(OC)C1O. The van der Waals surface area contributed by atoms with Crippen LogP contribution in [0.25, 0.3) is 0 Å². The Bertz CT molecular complexity index is 1310. The van der Waals surface area contributed by atoms with Gasteiger partial charge in [0.2, 0.25) is 0 Å². The molecular formula is C37H58O13. The van der Waals surface area contributed by atoms with E-state index in [2.05, 4.69) is 6.92 Å². The van der Waals surface area contributed by atoms with Crippen molar-refractivity contribution in [2.45, 2.75) is 178 Å². The molecule has 0 aromatic heterocycles. The summed E-state index contributed by atoms with van der Waals surface area (Å²) < 4.78 is 49.3. The molecule has 7 rings (SSSR count). The molecule has 3 aliphatic heterocycles. The summed E-state index contributed by atoms with van der Waals surface area (Å²) in [5, 5.41) is 33.3. The average molecular weight is 711 g/mol. The van der Waals surface area contributed by atoms with Crippen LogP contribution in [-0.2, 0) is 47.5 Å². The second-order valence-electron chi connectivity index (χ2n) is 16.8. The Hall–Kier alpha value is -1.26. The van der Waals surface area contributed by atoms with E-state index in [9.17, 15) is 24.9 Å². The third kappa shape index (κ3) is 5.23. The lowest BCUT2D eigenvalue weighted by molar-refractivity contribution is -0.343. The number of carbonyl (C=O) groups is 2. The highest BCUT2D eigenvalue weighted by atomic mass is 16.7. The number of ether oxygens (including phenoxy) is 8. The number of rotatable bonds is 8. The molecule has 3 heterocycles. The molecule has 0 aromatic rings. The van der Waals surface area contributed by atoms with E-state index in [1.807, 2.05) is 13.8 Å². The molecule has 0 radical (unpaired) electrons. The summed E-state index contributed by atoms with van der Waals surface area (Å²) >= 11 is 0. The van der Waals surface area contributed by atoms with Crippen molar-refractivity contribution in [1.82, 2.24) is 0 Å². The molecule has 4 saturated carbocycles. The van der Waals surface area contributed by atoms with Crippen molar-refractivity contribution >= 4 is 11.8 Å². The van der Waals surface area contributed by atoms with Gasteiger partial charge in [0.05, 0.1) is 24.4 Å². The van der Waals surface area contributed by atoms with Crippen LogP contribution in [0.5, 0.6) is 0 Å². The van der Waals surface area contributed by atoms with Crippen molar-refractivity contribution in [2.75, 3.05) is 14.2 Å². The van der Waals surface area contributed by atoms with Gasteiger partial charge in [-0.2, -0.15) is 0 Å². The fourth-order valence-electron chi connectivity index (χ4n) is 12.1. The largest absolute Gasteiger partial charge is 0.459 e. The minimum absolute atomic E-state index is 0.0496. The van der Waals surface area contributed by atoms with Crippen LogP contribution in [0.2, 0.25) is 0 Å². The van der Waals surface area contributed by atoms with Gasteiger partial charge in [-0.15, -0.1) is 0 Å². The van der Waals surface area contributed by atoms with Gasteiger partial charge in [0, 0.05) is 44.8 Å². The average Bonchev–Trinajstić information content (AvgIpc) is 3.60. The Balaban J connectivity index is 1.04. The Morgan fingerprint density at radius 2 is 1.54 bits per heavy atom. The summed E-state index contributed by atoms with van der Waals surface area (Å²) in [5.41, 5.74) is -2.24. The van der Waals surface area contributed by atoms with E-state index in [4.69, 9.17) is 37.9 Å². The summed E-state index contributed by atoms with van der Waals surface area (Å²) in [7, 11) is 3.04. The number of hydrogen-bond donors (Lipinski definition) is 3. The second-order valence-corrected chi connectivity index (χ2v) is 16.8. The highest BCUT2D eigenvalue weighted by molar-refractivity contribution is 5.80. The monoisotopic (exact) mass is 710 g/mol. The van der Waals surface area contributed by atoms with Crippen molar-refractivity contribution in [1.29, 1.82) is 0 Å². The van der Waals surface area contributed by atoms with Crippen LogP contribution < -0.4 is 0 Å². The number of Topliss-reactive ketones (excluding diaryl/α,β-unsaturated/α-hetero) is 1. The third-order valence-electron chi connectivity index (χ3n) is 14.6. The standard InChI is InChI=1S/C37H58O13/c1-17(38)23-11-14-37-35(23,6)32(42)30(47-20(4)39)31-34(5)12-10-22(15-21(34)9-13-36(31,37)50-37)48-25-16-24(43-7)28(19(3)45-25)49-33-27(41)29(44-8)26(40)18(2)46-33/h18-19,21-33,40-42H,9-16H2,1-8H3. The number of hydrogen-bond acceptors (Lipinski definition) is 13. The quantitative estimate of drug-likeness (QED) is 0.191. The molecule has 13 heteroatoms. The van der Waals surface area contributed by atoms with Crippen molar-refractivity contribution in [3.05, 3.63) is 0 Å². The van der Waals surface area contributed by atoms with Gasteiger partial charge in [-0.05, 0) is 77.0 Å². The molecule has 284 valence electrons. The van der Waals surface area contributed by atoms with Crippen molar-refractivity contribution in [3.63, 3.8) is 0 Å². The van der Waals surface area contributed by atoms with Crippen LogP contribution in [0.3, 0.4) is 0 Å². The van der Waals surface area contributed by atoms with Crippen LogP contribution in [0.4, 0.5) is 0 Å². The molecule has 0 amide bonds. The Kier molecular flexibility index (Phi) is 9.60. The normalized spacial score (nSPS) is 55.6. The van der Waals surface area contributed by atoms with Gasteiger partial charge in [0.15, 0.2) is 12.6 Å². The van der Waals surface area contributed by atoms with Crippen LogP contribution in [-0.4, -0.2) is 126 Å². The van der Waals surface area contributed by atoms with Crippen molar-refractivity contribution in [3.8, 4) is 0 Å². The Morgan fingerprint density at radius 1 is 0.800 bits per heavy atom. The van der Waals surface area contributed by atoms with E-state index in [1.165, 1.54) is 14.0 Å². The first kappa shape index (κ1) is 37.1. The number of fused-ring (bicyclic) bond motifs is 2. The fourth-order valence-corrected chi connectivity index (χ4v) is 12.1. The smallest absolute Gasteiger partial charge is 0.303 e. The molecule has 13 nitrogen and oxygen atoms in total. The predicted molar refractivity (Wildman–Crippen MR) is 174 cm³/mol. The molecule has 3 N–H and O–H groups in total. The van der Waals surface area contributed by atoms with Gasteiger partial charge in [-0.1, -0.05) is 13.8 Å². The lowest BCUT2D eigenvalue weighted by Gasteiger charge is -2.61. The van der Waals surface area contributed by atoms with Gasteiger partial charge >= 0.3 is 5.97 Å². The molecular weight excluding hydrogens is 652 g/mol. The van der Waals surface area contributed by atoms with E-state index in [-0.39, 0.29) is 35.1 Å². The van der Waals surface area contributed by atoms with Crippen LogP contribution in [0.15, 0.2) is 0 Å². The first-order chi connectivity index (χ1) is 23.6. The molecule has 2 spiro atoms. The summed E-state index contributed by atoms with van der Waals surface area (Å²) in [6.07, 6.45) is -2.63. The number of aliphatic hydroxyl groups excluding tert-OH is 3. The minimum atomic E-state index is -1.20. The van der Waals surface area contributed by atoms with E-state index < -0.39 is 90.1 Å². The number of carbonyl (C=O) groups excluding carboxylic acids is 2. The zero-order valence-corrected chi connectivity index (χ0v) is 30.7. The van der Waals surface area contributed by atoms with Gasteiger partial charge < -0.3 is 53.2 Å². The molecule has 0 bridgehead atoms. The first-order valence-electron chi connectivity index (χ1n) is 18.7. The number of ketones is 1. The van der Waals surface area contributed by atoms with E-state index in [1.54, 1.807) is 21.0 Å². The molecule has 4 aliphatic carbocycles. The number of methoxy groups -OCH3 is 2. The lowest BCUT2D eigenvalue weighted by Crippen LogP contribution is -2.70. The molecule has 0 aromatic carbocycles. The number of aliphatic hydroxyl groups is 3. The van der Waals surface area contributed by atoms with E-state index in [0.29, 0.717) is 12.8 Å². The zero-order chi connectivity index (χ0) is 36.1. The molecule has 7 aliphatic rings. The van der Waals surface area contributed by atoms with Crippen LogP contribution in [0.1, 0.15) is 92.9 Å². The number of epoxide rings is 1. The summed E-state index contributed by atoms with van der Waals surface area (Å²) in [6, 6.07) is 0. The summed E-state index contributed by atoms with van der Waals surface area (Å²) in [4.78, 5) is 25.4. The van der Waals surface area contributed by atoms with Crippen LogP contribution >= 0.6 is 0 Å². The minimum Gasteiger partial charge on any atom is -0.459 e. The maximum Gasteiger partial charge on any atom is 0.303 e. The fraction of sp³-hybridized carbons (Fsp3) is 0.946. The van der Waals surface area contributed by atoms with Crippen LogP contribution in [0, 0.1) is 28.6 Å². The highest BCUT2D eigenvalue weighted by Gasteiger charge is 2.90. The van der Waals surface area contributed by atoms with Crippen molar-refractivity contribution in [2.24, 2.45) is 28.6 Å². The second kappa shape index (κ2) is 13.0. The maximum atomic E-state index is 12.9. The molecule has 3 saturated heterocycles. The van der Waals surface area contributed by atoms with Gasteiger partial charge in [0.25, 0.3) is 0 Å². The summed E-state index contributed by atoms with van der Waals surface area (Å²) in [6.45, 7) is 10.8. The van der Waals surface area contributed by atoms with Gasteiger partial charge in [-0.25, -0.2) is 0 Å². The van der Waals surface area contributed by atoms with Crippen molar-refractivity contribution < 1.29 is 62.8 Å². The molecule has 50 heavy (non-hydrogen) atoms. The third-order valence-corrected chi connectivity index (χ3v) is 14.6. The highest BCUT2D eigenvalue weighted by Crippen LogP contribution is 2.81. The topological polar surface area (TPSA) is 172 Å². The van der Waals surface area contributed by atoms with E-state index >= 15 is 0 Å². The lowest BCUT2D eigenvalue weighted by atomic mass is 9.43. The Labute approximate surface area is 294 Å². The molecule has 7 fully saturated rings. The molecule has 19 atom stereocenters.